The molecule has 1 aliphatic rings. The van der Waals surface area contributed by atoms with Crippen LogP contribution in [0.5, 0.6) is 0 Å². The van der Waals surface area contributed by atoms with E-state index in [1.807, 2.05) is 30.3 Å². The van der Waals surface area contributed by atoms with Crippen molar-refractivity contribution in [1.29, 1.82) is 0 Å². The summed E-state index contributed by atoms with van der Waals surface area (Å²) in [5, 5.41) is 9.27. The molecule has 100 valence electrons. The Morgan fingerprint density at radius 1 is 1.28 bits per heavy atom. The zero-order valence-electron chi connectivity index (χ0n) is 10.2. The maximum atomic E-state index is 11.8. The summed E-state index contributed by atoms with van der Waals surface area (Å²) in [4.78, 5) is 0. The van der Waals surface area contributed by atoms with Crippen LogP contribution in [0, 0.1) is 5.92 Å². The van der Waals surface area contributed by atoms with E-state index in [9.17, 15) is 13.5 Å². The predicted molar refractivity (Wildman–Crippen MR) is 70.7 cm³/mol. The fourth-order valence-corrected chi connectivity index (χ4v) is 3.65. The van der Waals surface area contributed by atoms with Gasteiger partial charge in [-0.3, -0.25) is 0 Å². The lowest BCUT2D eigenvalue weighted by atomic mass is 10.1. The zero-order chi connectivity index (χ0) is 13.0. The van der Waals surface area contributed by atoms with Gasteiger partial charge in [0.2, 0.25) is 10.0 Å². The average molecular weight is 269 g/mol. The van der Waals surface area contributed by atoms with E-state index in [0.717, 1.165) is 18.4 Å². The van der Waals surface area contributed by atoms with Gasteiger partial charge in [-0.2, -0.15) is 0 Å². The Kier molecular flexibility index (Phi) is 4.37. The molecule has 5 heteroatoms. The van der Waals surface area contributed by atoms with E-state index in [1.54, 1.807) is 0 Å². The molecular formula is C13H19NO3S. The van der Waals surface area contributed by atoms with Crippen molar-refractivity contribution in [3.63, 3.8) is 0 Å². The molecule has 4 nitrogen and oxygen atoms in total. The van der Waals surface area contributed by atoms with Crippen LogP contribution >= 0.6 is 0 Å². The number of sulfonamides is 1. The van der Waals surface area contributed by atoms with Gasteiger partial charge in [0.15, 0.2) is 0 Å². The minimum atomic E-state index is -3.26. The lowest BCUT2D eigenvalue weighted by Gasteiger charge is -2.16. The van der Waals surface area contributed by atoms with E-state index < -0.39 is 16.1 Å². The largest absolute Gasteiger partial charge is 0.395 e. The number of rotatable bonds is 7. The third-order valence-corrected chi connectivity index (χ3v) is 4.65. The summed E-state index contributed by atoms with van der Waals surface area (Å²) in [5.41, 5.74) is 1.02. The van der Waals surface area contributed by atoms with Gasteiger partial charge in [-0.1, -0.05) is 30.3 Å². The Morgan fingerprint density at radius 2 is 1.94 bits per heavy atom. The summed E-state index contributed by atoms with van der Waals surface area (Å²) in [6.45, 7) is -0.182. The minimum absolute atomic E-state index is 0.182. The van der Waals surface area contributed by atoms with Gasteiger partial charge in [0, 0.05) is 6.04 Å². The first-order chi connectivity index (χ1) is 8.59. The molecule has 0 radical (unpaired) electrons. The molecule has 1 aromatic rings. The SMILES string of the molecule is O=S(=O)(CC1CC1)NC(CO)Cc1ccccc1. The van der Waals surface area contributed by atoms with Gasteiger partial charge in [0.1, 0.15) is 0 Å². The van der Waals surface area contributed by atoms with Crippen LogP contribution in [0.1, 0.15) is 18.4 Å². The molecule has 0 bridgehead atoms. The van der Waals surface area contributed by atoms with E-state index in [2.05, 4.69) is 4.72 Å². The maximum absolute atomic E-state index is 11.8. The molecule has 1 unspecified atom stereocenters. The summed E-state index contributed by atoms with van der Waals surface area (Å²) >= 11 is 0. The molecular weight excluding hydrogens is 250 g/mol. The second kappa shape index (κ2) is 5.82. The Hall–Kier alpha value is -0.910. The highest BCUT2D eigenvalue weighted by molar-refractivity contribution is 7.89. The average Bonchev–Trinajstić information content (AvgIpc) is 3.12. The van der Waals surface area contributed by atoms with Gasteiger partial charge >= 0.3 is 0 Å². The van der Waals surface area contributed by atoms with Crippen LogP contribution in [-0.4, -0.2) is 31.9 Å². The van der Waals surface area contributed by atoms with Crippen molar-refractivity contribution < 1.29 is 13.5 Å². The van der Waals surface area contributed by atoms with Crippen LogP contribution in [0.25, 0.3) is 0 Å². The maximum Gasteiger partial charge on any atom is 0.212 e. The summed E-state index contributed by atoms with van der Waals surface area (Å²) in [6, 6.07) is 9.14. The van der Waals surface area contributed by atoms with E-state index in [4.69, 9.17) is 0 Å². The highest BCUT2D eigenvalue weighted by atomic mass is 32.2. The number of hydrogen-bond donors (Lipinski definition) is 2. The zero-order valence-corrected chi connectivity index (χ0v) is 11.1. The fourth-order valence-electron chi connectivity index (χ4n) is 1.94. The number of aliphatic hydroxyl groups is 1. The minimum Gasteiger partial charge on any atom is -0.395 e. The quantitative estimate of drug-likeness (QED) is 0.773. The van der Waals surface area contributed by atoms with Crippen molar-refractivity contribution in [3.8, 4) is 0 Å². The molecule has 2 rings (SSSR count). The number of benzene rings is 1. The van der Waals surface area contributed by atoms with Crippen molar-refractivity contribution in [1.82, 2.24) is 4.72 Å². The first-order valence-electron chi connectivity index (χ1n) is 6.24. The Labute approximate surface area is 108 Å². The third-order valence-electron chi connectivity index (χ3n) is 3.04. The molecule has 0 amide bonds. The molecule has 0 aromatic heterocycles. The molecule has 0 aliphatic heterocycles. The number of nitrogens with one attached hydrogen (secondary N) is 1. The lowest BCUT2D eigenvalue weighted by Crippen LogP contribution is -2.40. The molecule has 18 heavy (non-hydrogen) atoms. The molecule has 0 spiro atoms. The van der Waals surface area contributed by atoms with Gasteiger partial charge in [-0.25, -0.2) is 13.1 Å². The molecule has 1 aromatic carbocycles. The molecule has 0 heterocycles. The Morgan fingerprint density at radius 3 is 2.50 bits per heavy atom. The Balaban J connectivity index is 1.92. The second-order valence-electron chi connectivity index (χ2n) is 4.91. The van der Waals surface area contributed by atoms with Crippen molar-refractivity contribution in [2.75, 3.05) is 12.4 Å². The van der Waals surface area contributed by atoms with Crippen LogP contribution < -0.4 is 4.72 Å². The predicted octanol–water partition coefficient (Wildman–Crippen LogP) is 0.919. The molecule has 1 aliphatic carbocycles. The Bertz CT molecular complexity index is 468. The number of hydrogen-bond acceptors (Lipinski definition) is 3. The molecule has 0 saturated heterocycles. The van der Waals surface area contributed by atoms with E-state index >= 15 is 0 Å². The van der Waals surface area contributed by atoms with Gasteiger partial charge < -0.3 is 5.11 Å². The van der Waals surface area contributed by atoms with Gasteiger partial charge in [0.25, 0.3) is 0 Å². The summed E-state index contributed by atoms with van der Waals surface area (Å²) in [5.74, 6) is 0.511. The monoisotopic (exact) mass is 269 g/mol. The first kappa shape index (κ1) is 13.5. The molecule has 2 N–H and O–H groups in total. The van der Waals surface area contributed by atoms with Crippen LogP contribution in [-0.2, 0) is 16.4 Å². The van der Waals surface area contributed by atoms with Gasteiger partial charge in [-0.05, 0) is 30.7 Å². The topological polar surface area (TPSA) is 66.4 Å². The van der Waals surface area contributed by atoms with E-state index in [0.29, 0.717) is 12.3 Å². The van der Waals surface area contributed by atoms with Crippen molar-refractivity contribution in [2.45, 2.75) is 25.3 Å². The van der Waals surface area contributed by atoms with E-state index in [-0.39, 0.29) is 12.4 Å². The summed E-state index contributed by atoms with van der Waals surface area (Å²) in [6.07, 6.45) is 2.52. The van der Waals surface area contributed by atoms with Crippen molar-refractivity contribution >= 4 is 10.0 Å². The van der Waals surface area contributed by atoms with Gasteiger partial charge in [-0.15, -0.1) is 0 Å². The standard InChI is InChI=1S/C13H19NO3S/c15-9-13(8-11-4-2-1-3-5-11)14-18(16,17)10-12-6-7-12/h1-5,12-15H,6-10H2. The normalized spacial score (nSPS) is 17.6. The highest BCUT2D eigenvalue weighted by Crippen LogP contribution is 2.30. The first-order valence-corrected chi connectivity index (χ1v) is 7.89. The second-order valence-corrected chi connectivity index (χ2v) is 6.71. The van der Waals surface area contributed by atoms with Crippen molar-refractivity contribution in [3.05, 3.63) is 35.9 Å². The molecule has 1 fully saturated rings. The van der Waals surface area contributed by atoms with Crippen LogP contribution in [0.15, 0.2) is 30.3 Å². The third kappa shape index (κ3) is 4.40. The van der Waals surface area contributed by atoms with Crippen LogP contribution in [0.2, 0.25) is 0 Å². The van der Waals surface area contributed by atoms with Crippen molar-refractivity contribution in [2.24, 2.45) is 5.92 Å². The van der Waals surface area contributed by atoms with Gasteiger partial charge in [0.05, 0.1) is 12.4 Å². The van der Waals surface area contributed by atoms with Crippen LogP contribution in [0.4, 0.5) is 0 Å². The lowest BCUT2D eigenvalue weighted by molar-refractivity contribution is 0.256. The summed E-state index contributed by atoms with van der Waals surface area (Å²) < 4.78 is 26.2. The molecule has 1 saturated carbocycles. The van der Waals surface area contributed by atoms with Crippen LogP contribution in [0.3, 0.4) is 0 Å². The van der Waals surface area contributed by atoms with E-state index in [1.165, 1.54) is 0 Å². The smallest absolute Gasteiger partial charge is 0.212 e. The summed E-state index contributed by atoms with van der Waals surface area (Å²) in [7, 11) is -3.26. The fraction of sp³-hybridized carbons (Fsp3) is 0.538. The molecule has 1 atom stereocenters. The highest BCUT2D eigenvalue weighted by Gasteiger charge is 2.29. The number of aliphatic hydroxyl groups excluding tert-OH is 1.